The molecule has 4 heteroatoms. The van der Waals surface area contributed by atoms with Crippen LogP contribution in [-0.4, -0.2) is 0 Å². The van der Waals surface area contributed by atoms with E-state index in [1.807, 2.05) is 0 Å². The minimum absolute atomic E-state index is 0. The first-order chi connectivity index (χ1) is 5.29. The zero-order chi connectivity index (χ0) is 7.84. The zero-order valence-electron chi connectivity index (χ0n) is 6.08. The molecular weight excluding hydrogens is 181 g/mol. The van der Waals surface area contributed by atoms with E-state index < -0.39 is 5.82 Å². The molecule has 0 atom stereocenters. The summed E-state index contributed by atoms with van der Waals surface area (Å²) in [6.45, 7) is 0. The van der Waals surface area contributed by atoms with Crippen molar-refractivity contribution in [2.75, 3.05) is 5.73 Å². The highest BCUT2D eigenvalue weighted by molar-refractivity contribution is 5.85. The van der Waals surface area contributed by atoms with E-state index >= 15 is 0 Å². The lowest BCUT2D eigenvalue weighted by Crippen LogP contribution is -1.88. The Morgan fingerprint density at radius 2 is 2.00 bits per heavy atom. The summed E-state index contributed by atoms with van der Waals surface area (Å²) in [4.78, 5) is 0. The quantitative estimate of drug-likeness (QED) is 0.644. The third-order valence-corrected chi connectivity index (χ3v) is 1.60. The molecule has 1 heterocycles. The third kappa shape index (κ3) is 1.12. The molecule has 2 aromatic rings. The molecule has 2 N–H and O–H groups in total. The van der Waals surface area contributed by atoms with Gasteiger partial charge < -0.3 is 10.2 Å². The normalized spacial score (nSPS) is 9.75. The lowest BCUT2D eigenvalue weighted by Gasteiger charge is -1.94. The monoisotopic (exact) mass is 187 g/mol. The zero-order valence-corrected chi connectivity index (χ0v) is 6.90. The second-order valence-corrected chi connectivity index (χ2v) is 2.30. The first-order valence-electron chi connectivity index (χ1n) is 3.20. The fourth-order valence-electron chi connectivity index (χ4n) is 1.03. The molecule has 0 saturated heterocycles. The minimum Gasteiger partial charge on any atom is -0.464 e. The van der Waals surface area contributed by atoms with Crippen molar-refractivity contribution in [1.29, 1.82) is 0 Å². The van der Waals surface area contributed by atoms with Gasteiger partial charge in [0.25, 0.3) is 0 Å². The van der Waals surface area contributed by atoms with E-state index in [2.05, 4.69) is 0 Å². The average molecular weight is 188 g/mol. The van der Waals surface area contributed by atoms with E-state index in [4.69, 9.17) is 10.2 Å². The molecule has 12 heavy (non-hydrogen) atoms. The summed E-state index contributed by atoms with van der Waals surface area (Å²) in [6.07, 6.45) is 1.44. The second-order valence-electron chi connectivity index (χ2n) is 2.30. The number of benzene rings is 1. The van der Waals surface area contributed by atoms with Gasteiger partial charge in [-0.05, 0) is 18.2 Å². The Hall–Kier alpha value is -1.22. The molecule has 0 aliphatic heterocycles. The molecular formula is C8H7ClFNO. The van der Waals surface area contributed by atoms with Gasteiger partial charge in [0, 0.05) is 0 Å². The molecule has 0 aliphatic carbocycles. The van der Waals surface area contributed by atoms with Gasteiger partial charge in [-0.25, -0.2) is 4.39 Å². The molecule has 0 radical (unpaired) electrons. The van der Waals surface area contributed by atoms with Crippen LogP contribution in [0.2, 0.25) is 0 Å². The van der Waals surface area contributed by atoms with Gasteiger partial charge in [-0.3, -0.25) is 0 Å². The van der Waals surface area contributed by atoms with Crippen LogP contribution in [0.15, 0.2) is 28.9 Å². The predicted molar refractivity (Wildman–Crippen MR) is 47.8 cm³/mol. The van der Waals surface area contributed by atoms with Gasteiger partial charge in [0.05, 0.1) is 17.3 Å². The van der Waals surface area contributed by atoms with Gasteiger partial charge in [-0.1, -0.05) is 0 Å². The number of furan rings is 1. The van der Waals surface area contributed by atoms with Crippen LogP contribution in [0.4, 0.5) is 10.1 Å². The van der Waals surface area contributed by atoms with Gasteiger partial charge in [0.2, 0.25) is 0 Å². The van der Waals surface area contributed by atoms with Crippen LogP contribution in [0, 0.1) is 5.82 Å². The maximum absolute atomic E-state index is 13.0. The van der Waals surface area contributed by atoms with Crippen molar-refractivity contribution in [2.45, 2.75) is 0 Å². The Kier molecular flexibility index (Phi) is 2.24. The third-order valence-electron chi connectivity index (χ3n) is 1.60. The lowest BCUT2D eigenvalue weighted by molar-refractivity contribution is 0.611. The Bertz CT molecular complexity index is 399. The van der Waals surface area contributed by atoms with Gasteiger partial charge in [-0.15, -0.1) is 12.4 Å². The Labute approximate surface area is 74.6 Å². The second kappa shape index (κ2) is 3.03. The van der Waals surface area contributed by atoms with Gasteiger partial charge in [0.15, 0.2) is 5.82 Å². The van der Waals surface area contributed by atoms with Crippen LogP contribution < -0.4 is 5.73 Å². The van der Waals surface area contributed by atoms with Gasteiger partial charge >= 0.3 is 0 Å². The first-order valence-corrected chi connectivity index (χ1v) is 3.20. The summed E-state index contributed by atoms with van der Waals surface area (Å²) in [5, 5.41) is 0.435. The molecule has 0 unspecified atom stereocenters. The Morgan fingerprint density at radius 3 is 2.75 bits per heavy atom. The maximum atomic E-state index is 13.0. The number of nitrogen functional groups attached to an aromatic ring is 1. The van der Waals surface area contributed by atoms with Crippen molar-refractivity contribution >= 4 is 29.1 Å². The van der Waals surface area contributed by atoms with Crippen LogP contribution in [0.25, 0.3) is 11.0 Å². The highest BCUT2D eigenvalue weighted by atomic mass is 35.5. The average Bonchev–Trinajstić information content (AvgIpc) is 2.45. The predicted octanol–water partition coefficient (Wildman–Crippen LogP) is 2.58. The van der Waals surface area contributed by atoms with Crippen molar-refractivity contribution < 1.29 is 8.81 Å². The molecule has 2 nitrogen and oxygen atoms in total. The van der Waals surface area contributed by atoms with E-state index in [1.165, 1.54) is 12.3 Å². The fraction of sp³-hybridized carbons (Fsp3) is 0. The van der Waals surface area contributed by atoms with Crippen LogP contribution in [0.3, 0.4) is 0 Å². The van der Waals surface area contributed by atoms with E-state index in [0.29, 0.717) is 11.0 Å². The van der Waals surface area contributed by atoms with Gasteiger partial charge in [-0.2, -0.15) is 0 Å². The fourth-order valence-corrected chi connectivity index (χ4v) is 1.03. The highest BCUT2D eigenvalue weighted by Crippen LogP contribution is 2.22. The largest absolute Gasteiger partial charge is 0.464 e. The van der Waals surface area contributed by atoms with E-state index in [0.717, 1.165) is 0 Å². The summed E-state index contributed by atoms with van der Waals surface area (Å²) in [5.74, 6) is -0.406. The van der Waals surface area contributed by atoms with Crippen LogP contribution in [0.5, 0.6) is 0 Å². The molecule has 0 bridgehead atoms. The number of nitrogens with two attached hydrogens (primary N) is 1. The van der Waals surface area contributed by atoms with E-state index in [-0.39, 0.29) is 18.1 Å². The summed E-state index contributed by atoms with van der Waals surface area (Å²) < 4.78 is 18.0. The summed E-state index contributed by atoms with van der Waals surface area (Å²) in [7, 11) is 0. The molecule has 1 aromatic heterocycles. The first kappa shape index (κ1) is 8.87. The highest BCUT2D eigenvalue weighted by Gasteiger charge is 2.05. The molecule has 0 fully saturated rings. The van der Waals surface area contributed by atoms with E-state index in [1.54, 1.807) is 12.1 Å². The number of hydrogen-bond acceptors (Lipinski definition) is 2. The van der Waals surface area contributed by atoms with Crippen LogP contribution in [0.1, 0.15) is 0 Å². The standard InChI is InChI=1S/C8H6FNO.ClH/c9-8-5-3-4-11-7(5)2-1-6(8)10;/h1-4H,10H2;1H. The van der Waals surface area contributed by atoms with Crippen molar-refractivity contribution in [3.8, 4) is 0 Å². The number of halogens is 2. The number of anilines is 1. The number of hydrogen-bond donors (Lipinski definition) is 1. The van der Waals surface area contributed by atoms with E-state index in [9.17, 15) is 4.39 Å². The lowest BCUT2D eigenvalue weighted by atomic mass is 10.2. The minimum atomic E-state index is -0.406. The van der Waals surface area contributed by atoms with Crippen LogP contribution >= 0.6 is 12.4 Å². The van der Waals surface area contributed by atoms with Crippen molar-refractivity contribution in [1.82, 2.24) is 0 Å². The maximum Gasteiger partial charge on any atom is 0.157 e. The number of fused-ring (bicyclic) bond motifs is 1. The number of rotatable bonds is 0. The molecule has 1 aromatic carbocycles. The molecule has 0 amide bonds. The van der Waals surface area contributed by atoms with Crippen molar-refractivity contribution in [2.24, 2.45) is 0 Å². The topological polar surface area (TPSA) is 39.2 Å². The summed E-state index contributed by atoms with van der Waals surface area (Å²) in [6, 6.07) is 4.69. The molecule has 0 aliphatic rings. The Morgan fingerprint density at radius 1 is 1.25 bits per heavy atom. The van der Waals surface area contributed by atoms with Crippen molar-refractivity contribution in [3.05, 3.63) is 30.3 Å². The molecule has 0 saturated carbocycles. The molecule has 64 valence electrons. The van der Waals surface area contributed by atoms with Crippen molar-refractivity contribution in [3.63, 3.8) is 0 Å². The SMILES string of the molecule is Cl.Nc1ccc2occc2c1F. The van der Waals surface area contributed by atoms with Crippen LogP contribution in [-0.2, 0) is 0 Å². The smallest absolute Gasteiger partial charge is 0.157 e. The molecule has 0 spiro atoms. The molecule has 2 rings (SSSR count). The Balaban J connectivity index is 0.000000720. The summed E-state index contributed by atoms with van der Waals surface area (Å²) in [5.41, 5.74) is 6.00. The van der Waals surface area contributed by atoms with Gasteiger partial charge in [0.1, 0.15) is 5.58 Å². The summed E-state index contributed by atoms with van der Waals surface area (Å²) >= 11 is 0.